The molecule has 0 amide bonds. The smallest absolute Gasteiger partial charge is 0.135 e. The lowest BCUT2D eigenvalue weighted by Gasteiger charge is -2.06. The highest BCUT2D eigenvalue weighted by molar-refractivity contribution is 6.42. The van der Waals surface area contributed by atoms with E-state index in [1.165, 1.54) is 12.8 Å². The van der Waals surface area contributed by atoms with Crippen molar-refractivity contribution in [3.8, 4) is 0 Å². The fraction of sp³-hybridized carbons (Fsp3) is 0.286. The minimum Gasteiger partial charge on any atom is -0.384 e. The van der Waals surface area contributed by atoms with Crippen LogP contribution in [0.3, 0.4) is 0 Å². The molecule has 1 aromatic carbocycles. The molecule has 0 radical (unpaired) electrons. The Labute approximate surface area is 121 Å². The predicted octanol–water partition coefficient (Wildman–Crippen LogP) is 3.83. The molecule has 1 saturated carbocycles. The highest BCUT2D eigenvalue weighted by Gasteiger charge is 2.25. The number of rotatable bonds is 3. The minimum atomic E-state index is 0.534. The number of anilines is 1. The van der Waals surface area contributed by atoms with Crippen molar-refractivity contribution in [3.63, 3.8) is 0 Å². The van der Waals surface area contributed by atoms with Crippen LogP contribution in [0.15, 0.2) is 24.3 Å². The third-order valence-corrected chi connectivity index (χ3v) is 3.89. The second kappa shape index (κ2) is 4.99. The molecule has 19 heavy (non-hydrogen) atoms. The molecule has 2 aromatic rings. The van der Waals surface area contributed by atoms with E-state index in [-0.39, 0.29) is 0 Å². The predicted molar refractivity (Wildman–Crippen MR) is 77.7 cm³/mol. The van der Waals surface area contributed by atoms with Gasteiger partial charge in [-0.15, -0.1) is 0 Å². The Hall–Kier alpha value is -1.32. The number of nitrogen functional groups attached to an aromatic ring is 1. The number of nitrogens with two attached hydrogens (primary N) is 1. The van der Waals surface area contributed by atoms with Gasteiger partial charge >= 0.3 is 0 Å². The monoisotopic (exact) mass is 293 g/mol. The summed E-state index contributed by atoms with van der Waals surface area (Å²) in [6, 6.07) is 7.42. The van der Waals surface area contributed by atoms with Gasteiger partial charge in [0.05, 0.1) is 10.0 Å². The van der Waals surface area contributed by atoms with Crippen molar-refractivity contribution in [2.45, 2.75) is 25.2 Å². The number of aromatic nitrogens is 2. The molecule has 3 rings (SSSR count). The first-order valence-corrected chi connectivity index (χ1v) is 6.94. The van der Waals surface area contributed by atoms with E-state index in [4.69, 9.17) is 28.9 Å². The average molecular weight is 294 g/mol. The topological polar surface area (TPSA) is 51.8 Å². The molecule has 98 valence electrons. The average Bonchev–Trinajstić information content (AvgIpc) is 3.17. The van der Waals surface area contributed by atoms with Crippen LogP contribution in [0.1, 0.15) is 35.8 Å². The zero-order chi connectivity index (χ0) is 13.4. The van der Waals surface area contributed by atoms with Crippen molar-refractivity contribution in [2.24, 2.45) is 0 Å². The summed E-state index contributed by atoms with van der Waals surface area (Å²) in [7, 11) is 0. The SMILES string of the molecule is Nc1cc(C2CC2)nc(Cc2ccc(Cl)c(Cl)c2)n1. The van der Waals surface area contributed by atoms with Crippen molar-refractivity contribution < 1.29 is 0 Å². The van der Waals surface area contributed by atoms with Crippen LogP contribution in [0.5, 0.6) is 0 Å². The normalized spacial score (nSPS) is 14.6. The first-order valence-electron chi connectivity index (χ1n) is 6.19. The summed E-state index contributed by atoms with van der Waals surface area (Å²) < 4.78 is 0. The van der Waals surface area contributed by atoms with Crippen LogP contribution < -0.4 is 5.73 Å². The summed E-state index contributed by atoms with van der Waals surface area (Å²) >= 11 is 11.9. The summed E-state index contributed by atoms with van der Waals surface area (Å²) in [6.45, 7) is 0. The van der Waals surface area contributed by atoms with Crippen molar-refractivity contribution in [1.29, 1.82) is 0 Å². The van der Waals surface area contributed by atoms with Gasteiger partial charge in [0.1, 0.15) is 11.6 Å². The molecule has 1 aliphatic carbocycles. The van der Waals surface area contributed by atoms with Crippen LogP contribution in [-0.2, 0) is 6.42 Å². The van der Waals surface area contributed by atoms with Gasteiger partial charge in [0.2, 0.25) is 0 Å². The van der Waals surface area contributed by atoms with E-state index in [0.29, 0.717) is 28.2 Å². The Balaban J connectivity index is 1.87. The summed E-state index contributed by atoms with van der Waals surface area (Å²) in [5, 5.41) is 1.10. The lowest BCUT2D eigenvalue weighted by molar-refractivity contribution is 0.905. The van der Waals surface area contributed by atoms with E-state index in [2.05, 4.69) is 9.97 Å². The van der Waals surface area contributed by atoms with Gasteiger partial charge in [-0.1, -0.05) is 29.3 Å². The molecule has 0 bridgehead atoms. The van der Waals surface area contributed by atoms with E-state index in [1.807, 2.05) is 18.2 Å². The Morgan fingerprint density at radius 3 is 2.58 bits per heavy atom. The molecule has 1 aromatic heterocycles. The second-order valence-corrected chi connectivity index (χ2v) is 5.65. The number of nitrogens with zero attached hydrogens (tertiary/aromatic N) is 2. The number of halogens is 2. The molecule has 1 fully saturated rings. The molecule has 2 N–H and O–H groups in total. The second-order valence-electron chi connectivity index (χ2n) is 4.83. The lowest BCUT2D eigenvalue weighted by Crippen LogP contribution is -2.03. The molecule has 0 spiro atoms. The first-order chi connectivity index (χ1) is 9.11. The van der Waals surface area contributed by atoms with Gasteiger partial charge in [0.25, 0.3) is 0 Å². The molecule has 0 aliphatic heterocycles. The van der Waals surface area contributed by atoms with Crippen molar-refractivity contribution in [3.05, 3.63) is 51.4 Å². The first kappa shape index (κ1) is 12.7. The van der Waals surface area contributed by atoms with Crippen molar-refractivity contribution in [1.82, 2.24) is 9.97 Å². The van der Waals surface area contributed by atoms with Crippen LogP contribution in [0.4, 0.5) is 5.82 Å². The molecule has 0 unspecified atom stereocenters. The quantitative estimate of drug-likeness (QED) is 0.935. The Morgan fingerprint density at radius 1 is 1.11 bits per heavy atom. The maximum absolute atomic E-state index is 6.01. The van der Waals surface area contributed by atoms with Gasteiger partial charge in [-0.2, -0.15) is 0 Å². The number of hydrogen-bond acceptors (Lipinski definition) is 3. The van der Waals surface area contributed by atoms with Gasteiger partial charge in [-0.3, -0.25) is 0 Å². The molecule has 5 heteroatoms. The van der Waals surface area contributed by atoms with Crippen LogP contribution >= 0.6 is 23.2 Å². The fourth-order valence-corrected chi connectivity index (χ4v) is 2.36. The van der Waals surface area contributed by atoms with Gasteiger partial charge in [-0.05, 0) is 30.5 Å². The highest BCUT2D eigenvalue weighted by atomic mass is 35.5. The number of benzene rings is 1. The van der Waals surface area contributed by atoms with Crippen LogP contribution in [0.25, 0.3) is 0 Å². The third kappa shape index (κ3) is 2.99. The minimum absolute atomic E-state index is 0.534. The van der Waals surface area contributed by atoms with E-state index in [0.717, 1.165) is 17.1 Å². The molecular weight excluding hydrogens is 281 g/mol. The van der Waals surface area contributed by atoms with E-state index in [1.54, 1.807) is 6.07 Å². The molecule has 1 aliphatic rings. The fourth-order valence-electron chi connectivity index (χ4n) is 2.04. The third-order valence-electron chi connectivity index (χ3n) is 3.15. The Kier molecular flexibility index (Phi) is 3.33. The molecular formula is C14H13Cl2N3. The van der Waals surface area contributed by atoms with Crippen molar-refractivity contribution in [2.75, 3.05) is 5.73 Å². The molecule has 3 nitrogen and oxygen atoms in total. The van der Waals surface area contributed by atoms with Gasteiger partial charge in [-0.25, -0.2) is 9.97 Å². The Morgan fingerprint density at radius 2 is 1.89 bits per heavy atom. The van der Waals surface area contributed by atoms with E-state index >= 15 is 0 Å². The van der Waals surface area contributed by atoms with E-state index in [9.17, 15) is 0 Å². The zero-order valence-corrected chi connectivity index (χ0v) is 11.7. The summed E-state index contributed by atoms with van der Waals surface area (Å²) in [4.78, 5) is 8.86. The van der Waals surface area contributed by atoms with Gasteiger partial charge in [0.15, 0.2) is 0 Å². The summed E-state index contributed by atoms with van der Waals surface area (Å²) in [5.41, 5.74) is 7.92. The van der Waals surface area contributed by atoms with Crippen LogP contribution in [-0.4, -0.2) is 9.97 Å². The van der Waals surface area contributed by atoms with Crippen LogP contribution in [0, 0.1) is 0 Å². The highest BCUT2D eigenvalue weighted by Crippen LogP contribution is 2.39. The van der Waals surface area contributed by atoms with Gasteiger partial charge < -0.3 is 5.73 Å². The molecule has 0 saturated heterocycles. The summed E-state index contributed by atoms with van der Waals surface area (Å²) in [6.07, 6.45) is 3.01. The summed E-state index contributed by atoms with van der Waals surface area (Å²) in [5.74, 6) is 1.84. The van der Waals surface area contributed by atoms with Gasteiger partial charge in [0, 0.05) is 24.1 Å². The maximum Gasteiger partial charge on any atom is 0.135 e. The molecule has 0 atom stereocenters. The standard InChI is InChI=1S/C14H13Cl2N3/c15-10-4-1-8(5-11(10)16)6-14-18-12(9-2-3-9)7-13(17)19-14/h1,4-5,7,9H,2-3,6H2,(H2,17,18,19). The Bertz CT molecular complexity index is 624. The van der Waals surface area contributed by atoms with Crippen molar-refractivity contribution >= 4 is 29.0 Å². The lowest BCUT2D eigenvalue weighted by atomic mass is 10.1. The van der Waals surface area contributed by atoms with E-state index < -0.39 is 0 Å². The van der Waals surface area contributed by atoms with Crippen LogP contribution in [0.2, 0.25) is 10.0 Å². The zero-order valence-electron chi connectivity index (χ0n) is 10.2. The number of hydrogen-bond donors (Lipinski definition) is 1. The molecule has 1 heterocycles. The maximum atomic E-state index is 6.01. The largest absolute Gasteiger partial charge is 0.384 e.